The fourth-order valence-electron chi connectivity index (χ4n) is 1.82. The maximum Gasteiger partial charge on any atom is 0.139 e. The smallest absolute Gasteiger partial charge is 0.139 e. The average molecular weight is 292 g/mol. The van der Waals surface area contributed by atoms with Gasteiger partial charge in [0.1, 0.15) is 11.5 Å². The van der Waals surface area contributed by atoms with Crippen LogP contribution in [0.3, 0.4) is 0 Å². The van der Waals surface area contributed by atoms with Gasteiger partial charge in [0.2, 0.25) is 0 Å². The van der Waals surface area contributed by atoms with E-state index in [1.165, 1.54) is 0 Å². The van der Waals surface area contributed by atoms with Gasteiger partial charge in [-0.25, -0.2) is 0 Å². The zero-order valence-electron chi connectivity index (χ0n) is 11.6. The van der Waals surface area contributed by atoms with Crippen molar-refractivity contribution in [1.82, 2.24) is 0 Å². The van der Waals surface area contributed by atoms with Crippen molar-refractivity contribution in [3.63, 3.8) is 0 Å². The van der Waals surface area contributed by atoms with Crippen LogP contribution in [0, 0.1) is 0 Å². The fraction of sp³-hybridized carbons (Fsp3) is 0.250. The molecule has 0 aliphatic carbocycles. The number of halogens is 1. The quantitative estimate of drug-likeness (QED) is 0.855. The molecular formula is C16H18ClNO2. The molecule has 2 N–H and O–H groups in total. The molecular weight excluding hydrogens is 274 g/mol. The van der Waals surface area contributed by atoms with Gasteiger partial charge in [0.15, 0.2) is 0 Å². The summed E-state index contributed by atoms with van der Waals surface area (Å²) in [6.45, 7) is 4.50. The summed E-state index contributed by atoms with van der Waals surface area (Å²) >= 11 is 5.87. The van der Waals surface area contributed by atoms with Crippen LogP contribution in [0.25, 0.3) is 0 Å². The number of nitrogens with one attached hydrogen (secondary N) is 1. The number of ether oxygens (including phenoxy) is 1. The van der Waals surface area contributed by atoms with Gasteiger partial charge in [-0.15, -0.1) is 0 Å². The first-order valence-electron chi connectivity index (χ1n) is 6.53. The Labute approximate surface area is 124 Å². The molecule has 0 heterocycles. The van der Waals surface area contributed by atoms with Crippen LogP contribution in [0.1, 0.15) is 19.4 Å². The van der Waals surface area contributed by atoms with Gasteiger partial charge in [0.05, 0.1) is 11.1 Å². The van der Waals surface area contributed by atoms with Gasteiger partial charge in [-0.1, -0.05) is 23.7 Å². The molecule has 106 valence electrons. The topological polar surface area (TPSA) is 41.5 Å². The maximum absolute atomic E-state index is 9.83. The predicted molar refractivity (Wildman–Crippen MR) is 82.6 cm³/mol. The Hall–Kier alpha value is -1.87. The normalized spacial score (nSPS) is 10.6. The molecule has 3 nitrogen and oxygen atoms in total. The van der Waals surface area contributed by atoms with Crippen LogP contribution < -0.4 is 10.1 Å². The molecule has 0 atom stereocenters. The summed E-state index contributed by atoms with van der Waals surface area (Å²) in [4.78, 5) is 0. The largest absolute Gasteiger partial charge is 0.506 e. The lowest BCUT2D eigenvalue weighted by molar-refractivity contribution is 0.242. The van der Waals surface area contributed by atoms with Crippen molar-refractivity contribution in [1.29, 1.82) is 0 Å². The van der Waals surface area contributed by atoms with Crippen molar-refractivity contribution in [2.24, 2.45) is 0 Å². The minimum atomic E-state index is 0.126. The number of phenolic OH excluding ortho intramolecular Hbond substituents is 1. The molecule has 0 unspecified atom stereocenters. The zero-order chi connectivity index (χ0) is 14.5. The summed E-state index contributed by atoms with van der Waals surface area (Å²) < 4.78 is 5.58. The monoisotopic (exact) mass is 291 g/mol. The minimum Gasteiger partial charge on any atom is -0.506 e. The van der Waals surface area contributed by atoms with Gasteiger partial charge < -0.3 is 15.2 Å². The summed E-state index contributed by atoms with van der Waals surface area (Å²) in [5.74, 6) is 0.970. The second kappa shape index (κ2) is 6.53. The summed E-state index contributed by atoms with van der Waals surface area (Å²) in [6.07, 6.45) is 0.164. The molecule has 0 spiro atoms. The van der Waals surface area contributed by atoms with Crippen LogP contribution in [0.5, 0.6) is 11.5 Å². The van der Waals surface area contributed by atoms with Crippen LogP contribution in [0.2, 0.25) is 5.02 Å². The van der Waals surface area contributed by atoms with E-state index in [4.69, 9.17) is 16.3 Å². The molecule has 0 saturated heterocycles. The average Bonchev–Trinajstić information content (AvgIpc) is 2.41. The lowest BCUT2D eigenvalue weighted by Crippen LogP contribution is -2.05. The Morgan fingerprint density at radius 3 is 2.50 bits per heavy atom. The number of phenols is 1. The SMILES string of the molecule is CC(C)Oc1ccc(NCc2cccc(Cl)c2O)cc1. The first-order chi connectivity index (χ1) is 9.56. The third-order valence-corrected chi connectivity index (χ3v) is 3.08. The first-order valence-corrected chi connectivity index (χ1v) is 6.91. The third-order valence-electron chi connectivity index (χ3n) is 2.78. The van der Waals surface area contributed by atoms with Crippen molar-refractivity contribution in [3.8, 4) is 11.5 Å². The van der Waals surface area contributed by atoms with Crippen LogP contribution >= 0.6 is 11.6 Å². The maximum atomic E-state index is 9.83. The number of rotatable bonds is 5. The lowest BCUT2D eigenvalue weighted by atomic mass is 10.2. The lowest BCUT2D eigenvalue weighted by Gasteiger charge is -2.12. The highest BCUT2D eigenvalue weighted by Crippen LogP contribution is 2.27. The Balaban J connectivity index is 1.99. The number of anilines is 1. The molecule has 0 radical (unpaired) electrons. The van der Waals surface area contributed by atoms with E-state index in [9.17, 15) is 5.11 Å². The highest BCUT2D eigenvalue weighted by atomic mass is 35.5. The van der Waals surface area contributed by atoms with Gasteiger partial charge in [-0.2, -0.15) is 0 Å². The Morgan fingerprint density at radius 1 is 1.15 bits per heavy atom. The van der Waals surface area contributed by atoms with E-state index >= 15 is 0 Å². The molecule has 0 aromatic heterocycles. The molecule has 2 aromatic rings. The molecule has 0 aliphatic rings. The Kier molecular flexibility index (Phi) is 4.74. The fourth-order valence-corrected chi connectivity index (χ4v) is 2.02. The van der Waals surface area contributed by atoms with Crippen LogP contribution in [0.4, 0.5) is 5.69 Å². The number of para-hydroxylation sites is 1. The second-order valence-corrected chi connectivity index (χ2v) is 5.20. The number of hydrogen-bond acceptors (Lipinski definition) is 3. The molecule has 0 saturated carbocycles. The van der Waals surface area contributed by atoms with Gasteiger partial charge >= 0.3 is 0 Å². The van der Waals surface area contributed by atoms with Gasteiger partial charge in [-0.3, -0.25) is 0 Å². The van der Waals surface area contributed by atoms with Gasteiger partial charge in [0.25, 0.3) is 0 Å². The van der Waals surface area contributed by atoms with Crippen molar-refractivity contribution in [2.45, 2.75) is 26.5 Å². The predicted octanol–water partition coefficient (Wildman–Crippen LogP) is 4.44. The van der Waals surface area contributed by atoms with Gasteiger partial charge in [0, 0.05) is 17.8 Å². The molecule has 0 fully saturated rings. The van der Waals surface area contributed by atoms with Crippen molar-refractivity contribution < 1.29 is 9.84 Å². The van der Waals surface area contributed by atoms with Gasteiger partial charge in [-0.05, 0) is 44.2 Å². The first kappa shape index (κ1) is 14.5. The summed E-state index contributed by atoms with van der Waals surface area (Å²) in [5, 5.41) is 13.4. The standard InChI is InChI=1S/C16H18ClNO2/c1-11(2)20-14-8-6-13(7-9-14)18-10-12-4-3-5-15(17)16(12)19/h3-9,11,18-19H,10H2,1-2H3. The Morgan fingerprint density at radius 2 is 1.85 bits per heavy atom. The molecule has 20 heavy (non-hydrogen) atoms. The van der Waals surface area contributed by atoms with Crippen molar-refractivity contribution in [2.75, 3.05) is 5.32 Å². The molecule has 2 rings (SSSR count). The number of benzene rings is 2. The van der Waals surface area contributed by atoms with E-state index in [-0.39, 0.29) is 11.9 Å². The molecule has 0 bridgehead atoms. The van der Waals surface area contributed by atoms with E-state index in [0.29, 0.717) is 11.6 Å². The highest BCUT2D eigenvalue weighted by molar-refractivity contribution is 6.32. The van der Waals surface area contributed by atoms with Crippen LogP contribution in [-0.4, -0.2) is 11.2 Å². The van der Waals surface area contributed by atoms with Crippen LogP contribution in [-0.2, 0) is 6.54 Å². The van der Waals surface area contributed by atoms with E-state index in [1.54, 1.807) is 6.07 Å². The van der Waals surface area contributed by atoms with E-state index in [1.807, 2.05) is 50.2 Å². The molecule has 4 heteroatoms. The summed E-state index contributed by atoms with van der Waals surface area (Å²) in [7, 11) is 0. The molecule has 2 aromatic carbocycles. The van der Waals surface area contributed by atoms with Crippen molar-refractivity contribution >= 4 is 17.3 Å². The molecule has 0 aliphatic heterocycles. The highest BCUT2D eigenvalue weighted by Gasteiger charge is 2.05. The van der Waals surface area contributed by atoms with E-state index in [2.05, 4.69) is 5.32 Å². The molecule has 0 amide bonds. The van der Waals surface area contributed by atoms with Crippen molar-refractivity contribution in [3.05, 3.63) is 53.1 Å². The second-order valence-electron chi connectivity index (χ2n) is 4.79. The minimum absolute atomic E-state index is 0.126. The zero-order valence-corrected chi connectivity index (χ0v) is 12.3. The Bertz CT molecular complexity index is 567. The van der Waals surface area contributed by atoms with E-state index < -0.39 is 0 Å². The number of aromatic hydroxyl groups is 1. The van der Waals surface area contributed by atoms with E-state index in [0.717, 1.165) is 17.0 Å². The number of hydrogen-bond donors (Lipinski definition) is 2. The summed E-state index contributed by atoms with van der Waals surface area (Å²) in [6, 6.07) is 13.0. The van der Waals surface area contributed by atoms with Crippen LogP contribution in [0.15, 0.2) is 42.5 Å². The summed E-state index contributed by atoms with van der Waals surface area (Å²) in [5.41, 5.74) is 1.72. The third kappa shape index (κ3) is 3.81.